The Balaban J connectivity index is 1.54. The summed E-state index contributed by atoms with van der Waals surface area (Å²) in [6, 6.07) is 3.80. The van der Waals surface area contributed by atoms with Crippen LogP contribution < -0.4 is 0 Å². The van der Waals surface area contributed by atoms with Crippen LogP contribution in [-0.4, -0.2) is 58.9 Å². The number of hydrogen-bond donors (Lipinski definition) is 1. The topological polar surface area (TPSA) is 77.9 Å². The first-order valence-corrected chi connectivity index (χ1v) is 9.64. The van der Waals surface area contributed by atoms with Crippen LogP contribution in [0.15, 0.2) is 12.1 Å². The van der Waals surface area contributed by atoms with E-state index in [9.17, 15) is 19.5 Å². The molecule has 2 atom stereocenters. The van der Waals surface area contributed by atoms with E-state index < -0.39 is 11.9 Å². The average molecular weight is 364 g/mol. The molecule has 6 nitrogen and oxygen atoms in total. The van der Waals surface area contributed by atoms with Gasteiger partial charge < -0.3 is 14.9 Å². The third kappa shape index (κ3) is 4.03. The van der Waals surface area contributed by atoms with Crippen molar-refractivity contribution in [1.82, 2.24) is 9.80 Å². The second-order valence-electron chi connectivity index (χ2n) is 6.93. The van der Waals surface area contributed by atoms with Crippen LogP contribution >= 0.6 is 11.3 Å². The molecule has 2 aliphatic rings. The van der Waals surface area contributed by atoms with Crippen molar-refractivity contribution in [3.8, 4) is 0 Å². The molecule has 2 heterocycles. The first-order valence-electron chi connectivity index (χ1n) is 8.83. The third-order valence-corrected chi connectivity index (χ3v) is 6.19. The maximum atomic E-state index is 12.7. The van der Waals surface area contributed by atoms with Gasteiger partial charge in [0.05, 0.1) is 10.8 Å². The first-order chi connectivity index (χ1) is 12.0. The number of carbonyl (C=O) groups excluding carboxylic acids is 2. The van der Waals surface area contributed by atoms with Crippen LogP contribution in [-0.2, 0) is 9.59 Å². The highest BCUT2D eigenvalue weighted by molar-refractivity contribution is 7.13. The van der Waals surface area contributed by atoms with E-state index in [1.807, 2.05) is 19.1 Å². The van der Waals surface area contributed by atoms with Gasteiger partial charge in [0.25, 0.3) is 5.91 Å². The van der Waals surface area contributed by atoms with E-state index in [-0.39, 0.29) is 17.7 Å². The molecule has 136 valence electrons. The summed E-state index contributed by atoms with van der Waals surface area (Å²) >= 11 is 1.49. The summed E-state index contributed by atoms with van der Waals surface area (Å²) < 4.78 is 0. The van der Waals surface area contributed by atoms with E-state index in [1.54, 1.807) is 9.80 Å². The quantitative estimate of drug-likeness (QED) is 0.892. The molecule has 1 aliphatic heterocycles. The van der Waals surface area contributed by atoms with E-state index in [4.69, 9.17) is 0 Å². The van der Waals surface area contributed by atoms with E-state index >= 15 is 0 Å². The molecule has 0 bridgehead atoms. The molecule has 1 aromatic rings. The molecule has 3 rings (SSSR count). The summed E-state index contributed by atoms with van der Waals surface area (Å²) in [6.07, 6.45) is 2.68. The molecular weight excluding hydrogens is 340 g/mol. The minimum Gasteiger partial charge on any atom is -0.481 e. The normalized spacial score (nSPS) is 24.2. The molecule has 1 aromatic heterocycles. The minimum atomic E-state index is -0.792. The zero-order valence-electron chi connectivity index (χ0n) is 14.4. The molecule has 0 aromatic carbocycles. The molecule has 25 heavy (non-hydrogen) atoms. The number of carboxylic acids is 1. The lowest BCUT2D eigenvalue weighted by atomic mass is 9.80. The fraction of sp³-hybridized carbons (Fsp3) is 0.611. The number of rotatable bonds is 3. The summed E-state index contributed by atoms with van der Waals surface area (Å²) in [5.74, 6) is -1.28. The van der Waals surface area contributed by atoms with Crippen molar-refractivity contribution in [2.75, 3.05) is 26.2 Å². The van der Waals surface area contributed by atoms with E-state index in [0.717, 1.165) is 22.6 Å². The van der Waals surface area contributed by atoms with Gasteiger partial charge >= 0.3 is 5.97 Å². The Morgan fingerprint density at radius 2 is 1.68 bits per heavy atom. The van der Waals surface area contributed by atoms with E-state index in [0.29, 0.717) is 39.0 Å². The van der Waals surface area contributed by atoms with Gasteiger partial charge in [0.1, 0.15) is 0 Å². The molecule has 2 unspecified atom stereocenters. The number of thiophene rings is 1. The Kier molecular flexibility index (Phi) is 5.42. The Hall–Kier alpha value is -1.89. The van der Waals surface area contributed by atoms with Crippen molar-refractivity contribution in [2.45, 2.75) is 32.6 Å². The summed E-state index contributed by atoms with van der Waals surface area (Å²) in [6.45, 7) is 4.12. The molecule has 2 fully saturated rings. The SMILES string of the molecule is Cc1ccc(C(=O)N2CCN(C(=O)C3CCCC(C(=O)O)C3)CC2)s1. The van der Waals surface area contributed by atoms with Gasteiger partial charge in [-0.2, -0.15) is 0 Å². The van der Waals surface area contributed by atoms with Gasteiger partial charge in [0, 0.05) is 37.0 Å². The number of nitrogens with zero attached hydrogens (tertiary/aromatic N) is 2. The van der Waals surface area contributed by atoms with Gasteiger partial charge in [-0.25, -0.2) is 0 Å². The lowest BCUT2D eigenvalue weighted by Crippen LogP contribution is -2.52. The fourth-order valence-corrected chi connectivity index (χ4v) is 4.57. The lowest BCUT2D eigenvalue weighted by molar-refractivity contribution is -0.146. The standard InChI is InChI=1S/C18H24N2O4S/c1-12-5-6-15(25-12)17(22)20-9-7-19(8-10-20)16(21)13-3-2-4-14(11-13)18(23)24/h5-6,13-14H,2-4,7-11H2,1H3,(H,23,24). The number of piperazine rings is 1. The maximum Gasteiger partial charge on any atom is 0.306 e. The monoisotopic (exact) mass is 364 g/mol. The third-order valence-electron chi connectivity index (χ3n) is 5.20. The summed E-state index contributed by atoms with van der Waals surface area (Å²) in [4.78, 5) is 41.8. The van der Waals surface area contributed by atoms with Crippen LogP contribution in [0.5, 0.6) is 0 Å². The summed E-state index contributed by atoms with van der Waals surface area (Å²) in [5.41, 5.74) is 0. The van der Waals surface area contributed by atoms with Gasteiger partial charge in [-0.1, -0.05) is 6.42 Å². The number of aryl methyl sites for hydroxylation is 1. The van der Waals surface area contributed by atoms with Crippen LogP contribution in [0.3, 0.4) is 0 Å². The fourth-order valence-electron chi connectivity index (χ4n) is 3.73. The molecule has 1 aliphatic carbocycles. The van der Waals surface area contributed by atoms with Crippen LogP contribution in [0.1, 0.15) is 40.2 Å². The van der Waals surface area contributed by atoms with Crippen molar-refractivity contribution < 1.29 is 19.5 Å². The highest BCUT2D eigenvalue weighted by Gasteiger charge is 2.34. The number of carboxylic acid groups (broad SMARTS) is 1. The van der Waals surface area contributed by atoms with Gasteiger partial charge in [0.15, 0.2) is 0 Å². The molecular formula is C18H24N2O4S. The zero-order valence-corrected chi connectivity index (χ0v) is 15.3. The highest BCUT2D eigenvalue weighted by atomic mass is 32.1. The average Bonchev–Trinajstić information content (AvgIpc) is 3.07. The lowest BCUT2D eigenvalue weighted by Gasteiger charge is -2.37. The smallest absolute Gasteiger partial charge is 0.306 e. The van der Waals surface area contributed by atoms with Crippen molar-refractivity contribution in [3.05, 3.63) is 21.9 Å². The molecule has 1 saturated carbocycles. The number of hydrogen-bond acceptors (Lipinski definition) is 4. The Labute approximate surface area is 151 Å². The number of aliphatic carboxylic acids is 1. The van der Waals surface area contributed by atoms with Crippen molar-refractivity contribution in [3.63, 3.8) is 0 Å². The second-order valence-corrected chi connectivity index (χ2v) is 8.21. The van der Waals surface area contributed by atoms with Crippen molar-refractivity contribution >= 4 is 29.1 Å². The molecule has 1 N–H and O–H groups in total. The molecule has 0 spiro atoms. The Morgan fingerprint density at radius 1 is 1.04 bits per heavy atom. The van der Waals surface area contributed by atoms with Crippen LogP contribution in [0.4, 0.5) is 0 Å². The van der Waals surface area contributed by atoms with Crippen LogP contribution in [0, 0.1) is 18.8 Å². The molecule has 7 heteroatoms. The van der Waals surface area contributed by atoms with Gasteiger partial charge in [0.2, 0.25) is 5.91 Å². The Bertz CT molecular complexity index is 664. The molecule has 0 radical (unpaired) electrons. The van der Waals surface area contributed by atoms with Gasteiger partial charge in [-0.3, -0.25) is 14.4 Å². The summed E-state index contributed by atoms with van der Waals surface area (Å²) in [5, 5.41) is 9.19. The van der Waals surface area contributed by atoms with E-state index in [1.165, 1.54) is 11.3 Å². The largest absolute Gasteiger partial charge is 0.481 e. The molecule has 1 saturated heterocycles. The second kappa shape index (κ2) is 7.56. The highest BCUT2D eigenvalue weighted by Crippen LogP contribution is 2.31. The van der Waals surface area contributed by atoms with Gasteiger partial charge in [-0.15, -0.1) is 11.3 Å². The van der Waals surface area contributed by atoms with Crippen LogP contribution in [0.25, 0.3) is 0 Å². The Morgan fingerprint density at radius 3 is 2.28 bits per heavy atom. The molecule has 2 amide bonds. The summed E-state index contributed by atoms with van der Waals surface area (Å²) in [7, 11) is 0. The first kappa shape index (κ1) is 17.9. The van der Waals surface area contributed by atoms with Crippen molar-refractivity contribution in [2.24, 2.45) is 11.8 Å². The predicted molar refractivity (Wildman–Crippen MR) is 94.6 cm³/mol. The van der Waals surface area contributed by atoms with Crippen molar-refractivity contribution in [1.29, 1.82) is 0 Å². The number of carbonyl (C=O) groups is 3. The predicted octanol–water partition coefficient (Wildman–Crippen LogP) is 2.23. The number of amides is 2. The van der Waals surface area contributed by atoms with Crippen LogP contribution in [0.2, 0.25) is 0 Å². The minimum absolute atomic E-state index is 0.0359. The van der Waals surface area contributed by atoms with Gasteiger partial charge in [-0.05, 0) is 38.3 Å². The zero-order chi connectivity index (χ0) is 18.0. The maximum absolute atomic E-state index is 12.7. The van der Waals surface area contributed by atoms with E-state index in [2.05, 4.69) is 0 Å².